The minimum Gasteiger partial charge on any atom is -0.493 e. The van der Waals surface area contributed by atoms with Crippen molar-refractivity contribution >= 4 is 11.8 Å². The molecule has 0 radical (unpaired) electrons. The predicted molar refractivity (Wildman–Crippen MR) is 113 cm³/mol. The number of pyridine rings is 1. The third-order valence-electron chi connectivity index (χ3n) is 5.48. The molecular weight excluding hydrogens is 386 g/mol. The quantitative estimate of drug-likeness (QED) is 0.525. The monoisotopic (exact) mass is 413 g/mol. The van der Waals surface area contributed by atoms with E-state index in [-0.39, 0.29) is 34.3 Å². The summed E-state index contributed by atoms with van der Waals surface area (Å²) in [6.45, 7) is 6.41. The molecule has 1 atom stereocenters. The lowest BCUT2D eigenvalue weighted by Gasteiger charge is -2.34. The molecule has 0 saturated heterocycles. The minimum atomic E-state index is -1.10. The number of carbonyl (C=O) groups excluding carboxylic acids is 1. The molecule has 1 unspecified atom stereocenters. The van der Waals surface area contributed by atoms with Gasteiger partial charge in [-0.1, -0.05) is 13.8 Å². The average molecular weight is 413 g/mol. The van der Waals surface area contributed by atoms with Crippen molar-refractivity contribution in [2.75, 3.05) is 20.3 Å². The number of hydrogen-bond acceptors (Lipinski definition) is 5. The molecule has 1 aliphatic heterocycles. The van der Waals surface area contributed by atoms with Crippen molar-refractivity contribution in [2.45, 2.75) is 39.7 Å². The summed E-state index contributed by atoms with van der Waals surface area (Å²) in [5, 5.41) is 9.71. The van der Waals surface area contributed by atoms with Gasteiger partial charge in [0.05, 0.1) is 17.9 Å². The van der Waals surface area contributed by atoms with Gasteiger partial charge in [-0.2, -0.15) is 0 Å². The second-order valence-electron chi connectivity index (χ2n) is 7.92. The van der Waals surface area contributed by atoms with Gasteiger partial charge in [-0.05, 0) is 37.0 Å². The van der Waals surface area contributed by atoms with E-state index < -0.39 is 5.97 Å². The molecule has 0 fully saturated rings. The maximum Gasteiger partial charge on any atom is 0.339 e. The van der Waals surface area contributed by atoms with E-state index in [1.807, 2.05) is 4.57 Å². The van der Waals surface area contributed by atoms with Crippen LogP contribution >= 0.6 is 0 Å². The van der Waals surface area contributed by atoms with Crippen molar-refractivity contribution in [3.8, 4) is 17.0 Å². The lowest BCUT2D eigenvalue weighted by atomic mass is 9.86. The molecular formula is C23H27NO6. The van der Waals surface area contributed by atoms with Crippen molar-refractivity contribution in [3.05, 3.63) is 51.3 Å². The lowest BCUT2D eigenvalue weighted by Crippen LogP contribution is -2.28. The van der Waals surface area contributed by atoms with E-state index in [2.05, 4.69) is 13.8 Å². The zero-order chi connectivity index (χ0) is 22.0. The zero-order valence-electron chi connectivity index (χ0n) is 17.7. The van der Waals surface area contributed by atoms with Crippen LogP contribution in [0.3, 0.4) is 0 Å². The molecule has 30 heavy (non-hydrogen) atoms. The van der Waals surface area contributed by atoms with E-state index in [9.17, 15) is 19.5 Å². The van der Waals surface area contributed by atoms with Crippen LogP contribution in [0.4, 0.5) is 0 Å². The second kappa shape index (κ2) is 8.83. The number of Topliss-reactive ketones (excluding diaryl/α,β-unsaturated/α-hetero) is 1. The Bertz CT molecular complexity index is 1040. The Morgan fingerprint density at radius 2 is 1.93 bits per heavy atom. The smallest absolute Gasteiger partial charge is 0.339 e. The molecule has 160 valence electrons. The first-order chi connectivity index (χ1) is 14.2. The molecule has 0 amide bonds. The number of ketones is 1. The highest BCUT2D eigenvalue weighted by Crippen LogP contribution is 2.40. The average Bonchev–Trinajstić information content (AvgIpc) is 2.69. The summed E-state index contributed by atoms with van der Waals surface area (Å²) in [4.78, 5) is 36.3. The number of carboxylic acid groups (broad SMARTS) is 1. The molecule has 1 aromatic heterocycles. The van der Waals surface area contributed by atoms with Crippen molar-refractivity contribution in [1.82, 2.24) is 4.57 Å². The topological polar surface area (TPSA) is 94.8 Å². The number of carbonyl (C=O) groups is 2. The summed E-state index contributed by atoms with van der Waals surface area (Å²) in [7, 11) is 1.60. The Morgan fingerprint density at radius 3 is 2.53 bits per heavy atom. The first-order valence-electron chi connectivity index (χ1n) is 10.0. The van der Waals surface area contributed by atoms with Crippen LogP contribution < -0.4 is 10.2 Å². The number of nitrogens with zero attached hydrogens (tertiary/aromatic N) is 1. The van der Waals surface area contributed by atoms with Crippen LogP contribution in [-0.4, -0.2) is 41.7 Å². The Kier molecular flexibility index (Phi) is 6.41. The molecule has 3 rings (SSSR count). The van der Waals surface area contributed by atoms with Gasteiger partial charge in [0, 0.05) is 44.0 Å². The van der Waals surface area contributed by atoms with Crippen molar-refractivity contribution < 1.29 is 24.2 Å². The number of aromatic carboxylic acids is 1. The van der Waals surface area contributed by atoms with Gasteiger partial charge in [-0.25, -0.2) is 4.79 Å². The number of fused-ring (bicyclic) bond motifs is 3. The van der Waals surface area contributed by atoms with Gasteiger partial charge in [0.1, 0.15) is 11.3 Å². The van der Waals surface area contributed by atoms with Crippen LogP contribution in [0.25, 0.3) is 11.3 Å². The number of ether oxygens (including phenoxy) is 2. The van der Waals surface area contributed by atoms with E-state index in [4.69, 9.17) is 9.47 Å². The summed E-state index contributed by atoms with van der Waals surface area (Å²) in [5.74, 6) is -0.824. The first kappa shape index (κ1) is 21.8. The fraction of sp³-hybridized carbons (Fsp3) is 0.435. The molecule has 0 saturated carbocycles. The van der Waals surface area contributed by atoms with Crippen LogP contribution in [-0.2, 0) is 11.2 Å². The van der Waals surface area contributed by atoms with Gasteiger partial charge in [0.2, 0.25) is 0 Å². The third-order valence-corrected chi connectivity index (χ3v) is 5.48. The molecule has 0 spiro atoms. The van der Waals surface area contributed by atoms with Gasteiger partial charge in [-0.3, -0.25) is 9.59 Å². The molecule has 7 nitrogen and oxygen atoms in total. The van der Waals surface area contributed by atoms with Crippen molar-refractivity contribution in [1.29, 1.82) is 0 Å². The Morgan fingerprint density at radius 1 is 1.20 bits per heavy atom. The maximum absolute atomic E-state index is 12.5. The number of hydrogen-bond donors (Lipinski definition) is 1. The summed E-state index contributed by atoms with van der Waals surface area (Å²) in [5.41, 5.74) is 2.06. The molecule has 7 heteroatoms. The number of benzene rings is 1. The van der Waals surface area contributed by atoms with Crippen LogP contribution in [0, 0.1) is 5.92 Å². The first-order valence-corrected chi connectivity index (χ1v) is 10.0. The van der Waals surface area contributed by atoms with Crippen LogP contribution in [0.5, 0.6) is 5.75 Å². The normalized spacial score (nSPS) is 14.9. The fourth-order valence-corrected chi connectivity index (χ4v) is 3.89. The van der Waals surface area contributed by atoms with E-state index in [0.29, 0.717) is 43.1 Å². The lowest BCUT2D eigenvalue weighted by molar-refractivity contribution is 0.0691. The highest BCUT2D eigenvalue weighted by atomic mass is 16.5. The largest absolute Gasteiger partial charge is 0.493 e. The molecule has 2 aromatic rings. The Labute approximate surface area is 175 Å². The van der Waals surface area contributed by atoms with Gasteiger partial charge in [0.25, 0.3) is 0 Å². The number of aromatic nitrogens is 1. The number of carboxylic acids is 1. The van der Waals surface area contributed by atoms with E-state index in [1.165, 1.54) is 13.0 Å². The molecule has 1 aromatic carbocycles. The molecule has 2 heterocycles. The molecule has 0 bridgehead atoms. The van der Waals surface area contributed by atoms with Crippen molar-refractivity contribution in [3.63, 3.8) is 0 Å². The van der Waals surface area contributed by atoms with E-state index >= 15 is 0 Å². The van der Waals surface area contributed by atoms with Gasteiger partial charge in [0.15, 0.2) is 11.2 Å². The molecule has 1 aliphatic rings. The highest BCUT2D eigenvalue weighted by molar-refractivity contribution is 5.95. The molecule has 0 aliphatic carbocycles. The van der Waals surface area contributed by atoms with Crippen LogP contribution in [0.1, 0.15) is 59.5 Å². The Balaban J connectivity index is 2.15. The number of rotatable bonds is 8. The van der Waals surface area contributed by atoms with Gasteiger partial charge >= 0.3 is 5.97 Å². The van der Waals surface area contributed by atoms with E-state index in [1.54, 1.807) is 25.4 Å². The highest BCUT2D eigenvalue weighted by Gasteiger charge is 2.29. The van der Waals surface area contributed by atoms with Crippen molar-refractivity contribution in [2.24, 2.45) is 5.92 Å². The summed E-state index contributed by atoms with van der Waals surface area (Å²) in [6.07, 6.45) is 2.91. The van der Waals surface area contributed by atoms with E-state index in [0.717, 1.165) is 5.56 Å². The maximum atomic E-state index is 12.5. The van der Waals surface area contributed by atoms with Gasteiger partial charge in [-0.15, -0.1) is 0 Å². The summed E-state index contributed by atoms with van der Waals surface area (Å²) in [6, 6.07) is 4.81. The van der Waals surface area contributed by atoms with Crippen LogP contribution in [0.15, 0.2) is 29.2 Å². The summed E-state index contributed by atoms with van der Waals surface area (Å²) >= 11 is 0. The standard InChI is InChI=1S/C23H27NO6/c1-13(2)19-8-15-9-22(30-7-5-6-29-4)17(23(27)28)10-16(15)20-11-21(26)18(14(3)25)12-24(19)20/h9-13,19H,5-8H2,1-4H3,(H,27,28). The Hall–Kier alpha value is -2.93. The van der Waals surface area contributed by atoms with Gasteiger partial charge < -0.3 is 19.1 Å². The third kappa shape index (κ3) is 4.16. The fourth-order valence-electron chi connectivity index (χ4n) is 3.89. The predicted octanol–water partition coefficient (Wildman–Crippen LogP) is 3.58. The summed E-state index contributed by atoms with van der Waals surface area (Å²) < 4.78 is 12.7. The molecule has 1 N–H and O–H groups in total. The number of methoxy groups -OCH3 is 1. The SMILES string of the molecule is COCCCOc1cc2c(cc1C(=O)O)-c1cc(=O)c(C(C)=O)cn1C(C(C)C)C2. The van der Waals surface area contributed by atoms with Crippen LogP contribution in [0.2, 0.25) is 0 Å². The second-order valence-corrected chi connectivity index (χ2v) is 7.92. The minimum absolute atomic E-state index is 0.0308. The zero-order valence-corrected chi connectivity index (χ0v) is 17.7.